The number of rotatable bonds is 2. The van der Waals surface area contributed by atoms with E-state index < -0.39 is 0 Å². The molecule has 1 aromatic carbocycles. The number of hydrogen-bond acceptors (Lipinski definition) is 4. The standard InChI is InChI=1S/C16H14N2OS2/c1-11-6-3-4-8-13(11)17-16-18(2)15(19)14(21-16)10-12-7-5-9-20-12/h3-10H,1-2H3/b14-10+,17-16?. The number of aryl methyl sites for hydroxylation is 1. The van der Waals surface area contributed by atoms with E-state index in [1.165, 1.54) is 11.8 Å². The van der Waals surface area contributed by atoms with E-state index in [4.69, 9.17) is 0 Å². The van der Waals surface area contributed by atoms with Gasteiger partial charge in [0.15, 0.2) is 5.17 Å². The van der Waals surface area contributed by atoms with Gasteiger partial charge in [-0.05, 0) is 47.8 Å². The fourth-order valence-electron chi connectivity index (χ4n) is 1.95. The average molecular weight is 314 g/mol. The van der Waals surface area contributed by atoms with Crippen molar-refractivity contribution in [3.63, 3.8) is 0 Å². The van der Waals surface area contributed by atoms with Gasteiger partial charge in [-0.3, -0.25) is 9.69 Å². The van der Waals surface area contributed by atoms with Crippen molar-refractivity contribution >= 4 is 45.9 Å². The molecule has 0 radical (unpaired) electrons. The SMILES string of the molecule is Cc1ccccc1N=C1S/C(=C/c2cccs2)C(=O)N1C. The second kappa shape index (κ2) is 5.87. The van der Waals surface area contributed by atoms with Crippen molar-refractivity contribution in [3.05, 3.63) is 57.1 Å². The number of benzene rings is 1. The highest BCUT2D eigenvalue weighted by Crippen LogP contribution is 2.34. The van der Waals surface area contributed by atoms with Gasteiger partial charge in [0.1, 0.15) is 0 Å². The van der Waals surface area contributed by atoms with Crippen molar-refractivity contribution in [1.29, 1.82) is 0 Å². The Morgan fingerprint density at radius 3 is 2.71 bits per heavy atom. The van der Waals surface area contributed by atoms with Crippen LogP contribution >= 0.6 is 23.1 Å². The summed E-state index contributed by atoms with van der Waals surface area (Å²) in [6, 6.07) is 11.9. The van der Waals surface area contributed by atoms with Gasteiger partial charge in [-0.1, -0.05) is 24.3 Å². The molecule has 0 spiro atoms. The number of thiophene rings is 1. The number of amidine groups is 1. The second-order valence-electron chi connectivity index (χ2n) is 4.67. The van der Waals surface area contributed by atoms with Gasteiger partial charge in [0.2, 0.25) is 0 Å². The van der Waals surface area contributed by atoms with E-state index in [0.717, 1.165) is 21.3 Å². The first-order valence-electron chi connectivity index (χ1n) is 6.50. The maximum Gasteiger partial charge on any atom is 0.266 e. The van der Waals surface area contributed by atoms with Crippen LogP contribution in [0.5, 0.6) is 0 Å². The third-order valence-electron chi connectivity index (χ3n) is 3.15. The fraction of sp³-hybridized carbons (Fsp3) is 0.125. The van der Waals surface area contributed by atoms with Gasteiger partial charge in [0.25, 0.3) is 5.91 Å². The maximum atomic E-state index is 12.3. The van der Waals surface area contributed by atoms with Crippen molar-refractivity contribution in [3.8, 4) is 0 Å². The predicted molar refractivity (Wildman–Crippen MR) is 90.9 cm³/mol. The zero-order valence-electron chi connectivity index (χ0n) is 11.7. The first-order valence-corrected chi connectivity index (χ1v) is 8.20. The van der Waals surface area contributed by atoms with Crippen LogP contribution < -0.4 is 0 Å². The molecule has 106 valence electrons. The highest BCUT2D eigenvalue weighted by atomic mass is 32.2. The highest BCUT2D eigenvalue weighted by molar-refractivity contribution is 8.18. The Morgan fingerprint density at radius 2 is 2.00 bits per heavy atom. The number of hydrogen-bond donors (Lipinski definition) is 0. The van der Waals surface area contributed by atoms with E-state index in [1.54, 1.807) is 23.3 Å². The Balaban J connectivity index is 1.92. The summed E-state index contributed by atoms with van der Waals surface area (Å²) in [6.45, 7) is 2.02. The van der Waals surface area contributed by atoms with Crippen LogP contribution in [0.25, 0.3) is 6.08 Å². The van der Waals surface area contributed by atoms with Crippen molar-refractivity contribution in [1.82, 2.24) is 4.90 Å². The zero-order chi connectivity index (χ0) is 14.8. The first kappa shape index (κ1) is 14.1. The zero-order valence-corrected chi connectivity index (χ0v) is 13.4. The summed E-state index contributed by atoms with van der Waals surface area (Å²) in [6.07, 6.45) is 1.93. The number of aliphatic imine (C=N–C) groups is 1. The molecular weight excluding hydrogens is 300 g/mol. The lowest BCUT2D eigenvalue weighted by Gasteiger charge is -2.08. The van der Waals surface area contributed by atoms with E-state index in [2.05, 4.69) is 4.99 Å². The van der Waals surface area contributed by atoms with Gasteiger partial charge >= 0.3 is 0 Å². The molecular formula is C16H14N2OS2. The molecule has 1 aliphatic heterocycles. The number of thioether (sulfide) groups is 1. The summed E-state index contributed by atoms with van der Waals surface area (Å²) in [5, 5.41) is 2.72. The Morgan fingerprint density at radius 1 is 1.19 bits per heavy atom. The fourth-order valence-corrected chi connectivity index (χ4v) is 3.65. The van der Waals surface area contributed by atoms with Crippen LogP contribution in [0, 0.1) is 6.92 Å². The number of carbonyl (C=O) groups is 1. The van der Waals surface area contributed by atoms with E-state index in [1.807, 2.05) is 54.8 Å². The average Bonchev–Trinajstić information content (AvgIpc) is 3.07. The van der Waals surface area contributed by atoms with E-state index in [-0.39, 0.29) is 5.91 Å². The van der Waals surface area contributed by atoms with Crippen LogP contribution in [-0.4, -0.2) is 23.0 Å². The molecule has 1 saturated heterocycles. The van der Waals surface area contributed by atoms with Crippen LogP contribution in [0.2, 0.25) is 0 Å². The molecule has 1 aromatic heterocycles. The summed E-state index contributed by atoms with van der Waals surface area (Å²) in [5.74, 6) is 0.000680. The molecule has 1 amide bonds. The predicted octanol–water partition coefficient (Wildman–Crippen LogP) is 4.29. The van der Waals surface area contributed by atoms with Gasteiger partial charge in [0, 0.05) is 11.9 Å². The van der Waals surface area contributed by atoms with E-state index in [0.29, 0.717) is 4.91 Å². The Bertz CT molecular complexity index is 732. The molecule has 2 aromatic rings. The molecule has 0 atom stereocenters. The lowest BCUT2D eigenvalue weighted by molar-refractivity contribution is -0.121. The number of likely N-dealkylation sites (N-methyl/N-ethyl adjacent to an activating group) is 1. The molecule has 0 bridgehead atoms. The summed E-state index contributed by atoms with van der Waals surface area (Å²) < 4.78 is 0. The highest BCUT2D eigenvalue weighted by Gasteiger charge is 2.30. The largest absolute Gasteiger partial charge is 0.290 e. The van der Waals surface area contributed by atoms with Crippen LogP contribution in [0.1, 0.15) is 10.4 Å². The number of nitrogens with zero attached hydrogens (tertiary/aromatic N) is 2. The minimum atomic E-state index is 0.000680. The Kier molecular flexibility index (Phi) is 3.94. The van der Waals surface area contributed by atoms with Crippen LogP contribution in [0.3, 0.4) is 0 Å². The Labute approximate surface area is 132 Å². The van der Waals surface area contributed by atoms with Crippen molar-refractivity contribution in [2.75, 3.05) is 7.05 Å². The van der Waals surface area contributed by atoms with E-state index >= 15 is 0 Å². The van der Waals surface area contributed by atoms with Crippen LogP contribution in [-0.2, 0) is 4.79 Å². The van der Waals surface area contributed by atoms with E-state index in [9.17, 15) is 4.79 Å². The molecule has 3 nitrogen and oxygen atoms in total. The second-order valence-corrected chi connectivity index (χ2v) is 6.66. The molecule has 21 heavy (non-hydrogen) atoms. The molecule has 3 rings (SSSR count). The quantitative estimate of drug-likeness (QED) is 0.775. The number of carbonyl (C=O) groups excluding carboxylic acids is 1. The Hall–Kier alpha value is -1.85. The summed E-state index contributed by atoms with van der Waals surface area (Å²) >= 11 is 3.04. The lowest BCUT2D eigenvalue weighted by atomic mass is 10.2. The normalized spacial score (nSPS) is 19.0. The lowest BCUT2D eigenvalue weighted by Crippen LogP contribution is -2.23. The third kappa shape index (κ3) is 2.94. The van der Waals surface area contributed by atoms with Gasteiger partial charge in [-0.2, -0.15) is 0 Å². The molecule has 0 N–H and O–H groups in total. The van der Waals surface area contributed by atoms with Crippen LogP contribution in [0.4, 0.5) is 5.69 Å². The molecule has 2 heterocycles. The molecule has 0 unspecified atom stereocenters. The molecule has 5 heteroatoms. The maximum absolute atomic E-state index is 12.3. The van der Waals surface area contributed by atoms with Crippen molar-refractivity contribution in [2.24, 2.45) is 4.99 Å². The number of amides is 1. The first-order chi connectivity index (χ1) is 10.1. The summed E-state index contributed by atoms with van der Waals surface area (Å²) in [4.78, 5) is 20.3. The monoisotopic (exact) mass is 314 g/mol. The molecule has 0 aliphatic carbocycles. The van der Waals surface area contributed by atoms with Gasteiger partial charge in [-0.15, -0.1) is 11.3 Å². The molecule has 0 saturated carbocycles. The third-order valence-corrected chi connectivity index (χ3v) is 5.03. The van der Waals surface area contributed by atoms with Crippen molar-refractivity contribution < 1.29 is 4.79 Å². The minimum Gasteiger partial charge on any atom is -0.290 e. The smallest absolute Gasteiger partial charge is 0.266 e. The molecule has 1 fully saturated rings. The number of para-hydroxylation sites is 1. The van der Waals surface area contributed by atoms with Gasteiger partial charge < -0.3 is 0 Å². The molecule has 1 aliphatic rings. The minimum absolute atomic E-state index is 0.000680. The van der Waals surface area contributed by atoms with Crippen LogP contribution in [0.15, 0.2) is 51.7 Å². The summed E-state index contributed by atoms with van der Waals surface area (Å²) in [7, 11) is 1.77. The topological polar surface area (TPSA) is 32.7 Å². The van der Waals surface area contributed by atoms with Gasteiger partial charge in [0.05, 0.1) is 10.6 Å². The summed E-state index contributed by atoms with van der Waals surface area (Å²) in [5.41, 5.74) is 2.00. The van der Waals surface area contributed by atoms with Gasteiger partial charge in [-0.25, -0.2) is 4.99 Å². The van der Waals surface area contributed by atoms with Crippen molar-refractivity contribution in [2.45, 2.75) is 6.92 Å².